The molecule has 15 rings (SSSR count). The fourth-order valence-corrected chi connectivity index (χ4v) is 12.2. The van der Waals surface area contributed by atoms with Gasteiger partial charge < -0.3 is 18.9 Å². The lowest BCUT2D eigenvalue weighted by Gasteiger charge is -2.44. The van der Waals surface area contributed by atoms with E-state index in [-0.39, 0.29) is 6.71 Å². The van der Waals surface area contributed by atoms with Crippen LogP contribution in [0, 0.1) is 0 Å². The number of hydrogen-bond donors (Lipinski definition) is 0. The van der Waals surface area contributed by atoms with E-state index in [9.17, 15) is 0 Å². The summed E-state index contributed by atoms with van der Waals surface area (Å²) in [4.78, 5) is 5.12. The van der Waals surface area contributed by atoms with E-state index in [4.69, 9.17) is 0 Å². The average Bonchev–Trinajstić information content (AvgIpc) is 3.97. The Kier molecular flexibility index (Phi) is 8.72. The number of aromatic nitrogens is 2. The summed E-state index contributed by atoms with van der Waals surface area (Å²) in [5, 5.41) is 4.93. The zero-order chi connectivity index (χ0) is 46.6. The molecule has 0 fully saturated rings. The largest absolute Gasteiger partial charge is 0.311 e. The molecule has 0 bridgehead atoms. The minimum Gasteiger partial charge on any atom is -0.311 e. The van der Waals surface area contributed by atoms with Crippen LogP contribution in [0.1, 0.15) is 0 Å². The SMILES string of the molecule is c1ccc(-c2cccc(-n3c4ccccc4c4c5c(ccc43)B3c4ccc6c(c4N(c4ccccc4)c4cccc(c43)N5c3ccccc3)c3ccccc3n6-c3cccc(-c4ccccc4)c3)c2)cc1. The van der Waals surface area contributed by atoms with Gasteiger partial charge in [0.2, 0.25) is 0 Å². The number of fused-ring (bicyclic) bond motifs is 12. The van der Waals surface area contributed by atoms with Crippen molar-refractivity contribution in [3.63, 3.8) is 0 Å². The van der Waals surface area contributed by atoms with Crippen LogP contribution in [-0.4, -0.2) is 15.8 Å². The van der Waals surface area contributed by atoms with Gasteiger partial charge in [0.25, 0.3) is 6.71 Å². The number of anilines is 6. The summed E-state index contributed by atoms with van der Waals surface area (Å²) >= 11 is 0. The quantitative estimate of drug-likeness (QED) is 0.155. The molecule has 4 heterocycles. The highest BCUT2D eigenvalue weighted by Gasteiger charge is 2.45. The molecule has 4 nitrogen and oxygen atoms in total. The summed E-state index contributed by atoms with van der Waals surface area (Å²) in [7, 11) is 0. The molecule has 0 radical (unpaired) electrons. The molecule has 330 valence electrons. The van der Waals surface area contributed by atoms with E-state index in [0.29, 0.717) is 0 Å². The van der Waals surface area contributed by atoms with Crippen LogP contribution in [0.25, 0.3) is 77.2 Å². The zero-order valence-electron chi connectivity index (χ0n) is 38.7. The maximum absolute atomic E-state index is 2.56. The Morgan fingerprint density at radius 2 is 0.634 bits per heavy atom. The van der Waals surface area contributed by atoms with Crippen molar-refractivity contribution < 1.29 is 0 Å². The van der Waals surface area contributed by atoms with Crippen molar-refractivity contribution in [1.29, 1.82) is 0 Å². The molecule has 0 unspecified atom stereocenters. The molecule has 2 aliphatic heterocycles. The molecule has 0 saturated carbocycles. The molecular weight excluding hydrogens is 860 g/mol. The highest BCUT2D eigenvalue weighted by atomic mass is 15.2. The summed E-state index contributed by atoms with van der Waals surface area (Å²) in [5.74, 6) is 0. The van der Waals surface area contributed by atoms with Gasteiger partial charge in [0, 0.05) is 55.7 Å². The summed E-state index contributed by atoms with van der Waals surface area (Å²) in [5.41, 5.74) is 22.7. The molecule has 0 atom stereocenters. The number of para-hydroxylation sites is 4. The third-order valence-corrected chi connectivity index (χ3v) is 15.0. The van der Waals surface area contributed by atoms with E-state index >= 15 is 0 Å². The Hall–Kier alpha value is -9.32. The van der Waals surface area contributed by atoms with Gasteiger partial charge in [0.15, 0.2) is 0 Å². The van der Waals surface area contributed by atoms with E-state index in [1.54, 1.807) is 0 Å². The molecule has 2 aromatic heterocycles. The summed E-state index contributed by atoms with van der Waals surface area (Å²) in [6.07, 6.45) is 0. The highest BCUT2D eigenvalue weighted by molar-refractivity contribution is 7.01. The minimum atomic E-state index is -0.0769. The van der Waals surface area contributed by atoms with Gasteiger partial charge in [-0.3, -0.25) is 0 Å². The lowest BCUT2D eigenvalue weighted by atomic mass is 9.33. The van der Waals surface area contributed by atoms with E-state index in [2.05, 4.69) is 280 Å². The number of nitrogens with zero attached hydrogens (tertiary/aromatic N) is 4. The van der Waals surface area contributed by atoms with E-state index < -0.39 is 0 Å². The minimum absolute atomic E-state index is 0.0769. The van der Waals surface area contributed by atoms with Gasteiger partial charge in [-0.15, -0.1) is 0 Å². The number of rotatable bonds is 6. The topological polar surface area (TPSA) is 16.3 Å². The molecule has 0 saturated heterocycles. The van der Waals surface area contributed by atoms with Gasteiger partial charge in [-0.2, -0.15) is 0 Å². The van der Waals surface area contributed by atoms with Gasteiger partial charge in [-0.25, -0.2) is 0 Å². The van der Waals surface area contributed by atoms with Crippen molar-refractivity contribution in [1.82, 2.24) is 9.13 Å². The maximum atomic E-state index is 2.56. The molecule has 0 N–H and O–H groups in total. The Labute approximate surface area is 412 Å². The molecule has 0 aliphatic carbocycles. The molecule has 0 spiro atoms. The molecule has 0 amide bonds. The molecule has 71 heavy (non-hydrogen) atoms. The predicted molar refractivity (Wildman–Crippen MR) is 300 cm³/mol. The standard InChI is InChI=1S/C66H43BN4/c1-5-20-44(21-6-1)46-24-17-30-50(42-46)68-56-34-15-13-32-52(56)62-58(68)40-38-54-65(62)70(48-26-9-3-10-27-48)60-36-19-37-61-64(60)67(54)55-39-41-59-63(66(55)71(61)49-28-11-4-12-29-49)53-33-14-16-35-57(53)69(59)51-31-18-25-47(43-51)45-22-7-2-8-23-45/h1-43H. The lowest BCUT2D eigenvalue weighted by Crippen LogP contribution is -2.61. The first-order chi connectivity index (χ1) is 35.3. The summed E-state index contributed by atoms with van der Waals surface area (Å²) in [6.45, 7) is -0.0769. The van der Waals surface area contributed by atoms with Gasteiger partial charge in [0.05, 0.1) is 33.4 Å². The van der Waals surface area contributed by atoms with Crippen LogP contribution in [0.3, 0.4) is 0 Å². The van der Waals surface area contributed by atoms with Gasteiger partial charge >= 0.3 is 0 Å². The van der Waals surface area contributed by atoms with Crippen molar-refractivity contribution in [3.05, 3.63) is 261 Å². The molecular formula is C66H43BN4. The predicted octanol–water partition coefficient (Wildman–Crippen LogP) is 15.3. The van der Waals surface area contributed by atoms with E-state index in [1.165, 1.54) is 105 Å². The Balaban J connectivity index is 1.05. The maximum Gasteiger partial charge on any atom is 0.252 e. The Morgan fingerprint density at radius 3 is 1.08 bits per heavy atom. The van der Waals surface area contributed by atoms with Crippen molar-refractivity contribution in [2.45, 2.75) is 0 Å². The van der Waals surface area contributed by atoms with Crippen LogP contribution in [-0.2, 0) is 0 Å². The Bertz CT molecular complexity index is 3970. The normalized spacial score (nSPS) is 12.7. The van der Waals surface area contributed by atoms with Crippen LogP contribution in [0.5, 0.6) is 0 Å². The van der Waals surface area contributed by atoms with Crippen molar-refractivity contribution in [2.75, 3.05) is 9.80 Å². The smallest absolute Gasteiger partial charge is 0.252 e. The molecule has 2 aliphatic rings. The average molecular weight is 903 g/mol. The highest BCUT2D eigenvalue weighted by Crippen LogP contribution is 2.50. The van der Waals surface area contributed by atoms with Crippen molar-refractivity contribution in [2.24, 2.45) is 0 Å². The molecule has 11 aromatic carbocycles. The van der Waals surface area contributed by atoms with Crippen LogP contribution in [0.2, 0.25) is 0 Å². The van der Waals surface area contributed by atoms with Gasteiger partial charge in [-0.05, 0) is 124 Å². The number of benzene rings is 11. The van der Waals surface area contributed by atoms with Crippen molar-refractivity contribution >= 4 is 101 Å². The molecule has 13 aromatic rings. The summed E-state index contributed by atoms with van der Waals surface area (Å²) in [6, 6.07) is 96.0. The van der Waals surface area contributed by atoms with E-state index in [0.717, 1.165) is 22.7 Å². The fourth-order valence-electron chi connectivity index (χ4n) is 12.2. The number of hydrogen-bond acceptors (Lipinski definition) is 2. The van der Waals surface area contributed by atoms with Gasteiger partial charge in [-0.1, -0.05) is 176 Å². The second-order valence-electron chi connectivity index (χ2n) is 18.8. The second-order valence-corrected chi connectivity index (χ2v) is 18.8. The van der Waals surface area contributed by atoms with Crippen LogP contribution in [0.15, 0.2) is 261 Å². The lowest BCUT2D eigenvalue weighted by molar-refractivity contribution is 1.18. The third-order valence-electron chi connectivity index (χ3n) is 15.0. The summed E-state index contributed by atoms with van der Waals surface area (Å²) < 4.78 is 4.95. The van der Waals surface area contributed by atoms with Gasteiger partial charge in [0.1, 0.15) is 0 Å². The van der Waals surface area contributed by atoms with E-state index in [1.807, 2.05) is 0 Å². The first-order valence-electron chi connectivity index (χ1n) is 24.6. The van der Waals surface area contributed by atoms with Crippen LogP contribution in [0.4, 0.5) is 34.1 Å². The van der Waals surface area contributed by atoms with Crippen LogP contribution >= 0.6 is 0 Å². The first kappa shape index (κ1) is 39.7. The monoisotopic (exact) mass is 902 g/mol. The Morgan fingerprint density at radius 1 is 0.268 bits per heavy atom. The molecule has 5 heteroatoms. The first-order valence-corrected chi connectivity index (χ1v) is 24.6. The van der Waals surface area contributed by atoms with Crippen LogP contribution < -0.4 is 26.2 Å². The third kappa shape index (κ3) is 5.87. The van der Waals surface area contributed by atoms with Crippen molar-refractivity contribution in [3.8, 4) is 33.6 Å². The second kappa shape index (κ2) is 15.6. The fraction of sp³-hybridized carbons (Fsp3) is 0. The zero-order valence-corrected chi connectivity index (χ0v) is 38.7.